The third-order valence-electron chi connectivity index (χ3n) is 3.98. The first-order valence-electron chi connectivity index (χ1n) is 7.63. The van der Waals surface area contributed by atoms with Gasteiger partial charge in [0, 0.05) is 11.5 Å². The Morgan fingerprint density at radius 2 is 2.05 bits per heavy atom. The molecule has 19 heavy (non-hydrogen) atoms. The molecule has 1 aromatic carbocycles. The number of fused-ring (bicyclic) bond motifs is 1. The van der Waals surface area contributed by atoms with E-state index in [0.717, 1.165) is 37.3 Å². The van der Waals surface area contributed by atoms with Crippen LogP contribution in [-0.4, -0.2) is 19.7 Å². The summed E-state index contributed by atoms with van der Waals surface area (Å²) in [5, 5.41) is 3.59. The van der Waals surface area contributed by atoms with Crippen molar-refractivity contribution < 1.29 is 4.74 Å². The predicted molar refractivity (Wildman–Crippen MR) is 80.8 cm³/mol. The van der Waals surface area contributed by atoms with Crippen molar-refractivity contribution in [2.45, 2.75) is 39.5 Å². The summed E-state index contributed by atoms with van der Waals surface area (Å²) >= 11 is 0. The SMILES string of the molecule is CCC(CNCC(C)C)CC1COc2ccccc21. The van der Waals surface area contributed by atoms with Crippen LogP contribution in [0.4, 0.5) is 0 Å². The minimum absolute atomic E-state index is 0.585. The zero-order chi connectivity index (χ0) is 13.7. The Kier molecular flexibility index (Phi) is 5.26. The molecule has 2 rings (SSSR count). The van der Waals surface area contributed by atoms with Gasteiger partial charge in [0.05, 0.1) is 6.61 Å². The normalized spacial score (nSPS) is 19.3. The number of hydrogen-bond acceptors (Lipinski definition) is 2. The van der Waals surface area contributed by atoms with E-state index in [1.165, 1.54) is 18.4 Å². The van der Waals surface area contributed by atoms with Gasteiger partial charge in [-0.1, -0.05) is 45.4 Å². The average molecular weight is 261 g/mol. The largest absolute Gasteiger partial charge is 0.493 e. The molecule has 1 aromatic rings. The molecule has 0 saturated heterocycles. The van der Waals surface area contributed by atoms with Gasteiger partial charge in [0.2, 0.25) is 0 Å². The monoisotopic (exact) mass is 261 g/mol. The number of hydrogen-bond donors (Lipinski definition) is 1. The van der Waals surface area contributed by atoms with E-state index < -0.39 is 0 Å². The maximum Gasteiger partial charge on any atom is 0.122 e. The van der Waals surface area contributed by atoms with Gasteiger partial charge < -0.3 is 10.1 Å². The van der Waals surface area contributed by atoms with Crippen molar-refractivity contribution >= 4 is 0 Å². The van der Waals surface area contributed by atoms with E-state index in [-0.39, 0.29) is 0 Å². The molecule has 0 fully saturated rings. The third kappa shape index (κ3) is 3.97. The predicted octanol–water partition coefficient (Wildman–Crippen LogP) is 3.82. The van der Waals surface area contributed by atoms with E-state index >= 15 is 0 Å². The molecule has 2 heteroatoms. The lowest BCUT2D eigenvalue weighted by Gasteiger charge is -2.20. The Bertz CT molecular complexity index is 389. The second-order valence-electron chi connectivity index (χ2n) is 6.11. The molecule has 2 nitrogen and oxygen atoms in total. The summed E-state index contributed by atoms with van der Waals surface area (Å²) < 4.78 is 5.78. The quantitative estimate of drug-likeness (QED) is 0.805. The highest BCUT2D eigenvalue weighted by Crippen LogP contribution is 2.37. The molecule has 2 atom stereocenters. The van der Waals surface area contributed by atoms with Gasteiger partial charge in [0.25, 0.3) is 0 Å². The van der Waals surface area contributed by atoms with Crippen LogP contribution in [0.5, 0.6) is 5.75 Å². The Labute approximate surface area is 117 Å². The Balaban J connectivity index is 1.86. The van der Waals surface area contributed by atoms with Crippen LogP contribution < -0.4 is 10.1 Å². The third-order valence-corrected chi connectivity index (χ3v) is 3.98. The van der Waals surface area contributed by atoms with Gasteiger partial charge in [-0.3, -0.25) is 0 Å². The lowest BCUT2D eigenvalue weighted by Crippen LogP contribution is -2.27. The van der Waals surface area contributed by atoms with Crippen molar-refractivity contribution in [3.8, 4) is 5.75 Å². The molecule has 2 unspecified atom stereocenters. The molecule has 0 aliphatic carbocycles. The second-order valence-corrected chi connectivity index (χ2v) is 6.11. The zero-order valence-corrected chi connectivity index (χ0v) is 12.5. The molecular weight excluding hydrogens is 234 g/mol. The topological polar surface area (TPSA) is 21.3 Å². The van der Waals surface area contributed by atoms with Gasteiger partial charge in [0.15, 0.2) is 0 Å². The minimum atomic E-state index is 0.585. The zero-order valence-electron chi connectivity index (χ0n) is 12.5. The molecule has 0 bridgehead atoms. The number of nitrogens with one attached hydrogen (secondary N) is 1. The van der Waals surface area contributed by atoms with Crippen molar-refractivity contribution in [2.24, 2.45) is 11.8 Å². The van der Waals surface area contributed by atoms with Crippen molar-refractivity contribution in [3.63, 3.8) is 0 Å². The lowest BCUT2D eigenvalue weighted by atomic mass is 9.88. The summed E-state index contributed by atoms with van der Waals surface area (Å²) in [7, 11) is 0. The number of ether oxygens (including phenoxy) is 1. The maximum absolute atomic E-state index is 5.78. The van der Waals surface area contributed by atoms with Crippen molar-refractivity contribution in [1.29, 1.82) is 0 Å². The summed E-state index contributed by atoms with van der Waals surface area (Å²) in [5.74, 6) is 3.16. The number of para-hydroxylation sites is 1. The van der Waals surface area contributed by atoms with Gasteiger partial charge >= 0.3 is 0 Å². The van der Waals surface area contributed by atoms with Gasteiger partial charge in [-0.25, -0.2) is 0 Å². The summed E-state index contributed by atoms with van der Waals surface area (Å²) in [5.41, 5.74) is 1.41. The Morgan fingerprint density at radius 3 is 2.79 bits per heavy atom. The average Bonchev–Trinajstić information content (AvgIpc) is 2.80. The van der Waals surface area contributed by atoms with E-state index in [2.05, 4.69) is 50.4 Å². The summed E-state index contributed by atoms with van der Waals surface area (Å²) in [4.78, 5) is 0. The minimum Gasteiger partial charge on any atom is -0.493 e. The summed E-state index contributed by atoms with van der Waals surface area (Å²) in [6.45, 7) is 9.93. The summed E-state index contributed by atoms with van der Waals surface area (Å²) in [6.07, 6.45) is 2.47. The van der Waals surface area contributed by atoms with Crippen LogP contribution in [0.15, 0.2) is 24.3 Å². The van der Waals surface area contributed by atoms with E-state index in [4.69, 9.17) is 4.74 Å². The number of benzene rings is 1. The Hall–Kier alpha value is -1.02. The van der Waals surface area contributed by atoms with Gasteiger partial charge in [-0.05, 0) is 37.4 Å². The standard InChI is InChI=1S/C17H27NO/c1-4-14(11-18-10-13(2)3)9-15-12-19-17-8-6-5-7-16(15)17/h5-8,13-15,18H,4,9-12H2,1-3H3. The Morgan fingerprint density at radius 1 is 1.26 bits per heavy atom. The highest BCUT2D eigenvalue weighted by Gasteiger charge is 2.25. The molecule has 0 amide bonds. The first-order valence-corrected chi connectivity index (χ1v) is 7.63. The smallest absolute Gasteiger partial charge is 0.122 e. The molecule has 1 aliphatic rings. The van der Waals surface area contributed by atoms with E-state index in [1.807, 2.05) is 0 Å². The van der Waals surface area contributed by atoms with Crippen LogP contribution in [0, 0.1) is 11.8 Å². The first-order chi connectivity index (χ1) is 9.20. The van der Waals surface area contributed by atoms with Crippen molar-refractivity contribution in [1.82, 2.24) is 5.32 Å². The van der Waals surface area contributed by atoms with Crippen LogP contribution in [0.3, 0.4) is 0 Å². The molecule has 1 aliphatic heterocycles. The van der Waals surface area contributed by atoms with Gasteiger partial charge in [0.1, 0.15) is 5.75 Å². The van der Waals surface area contributed by atoms with E-state index in [9.17, 15) is 0 Å². The van der Waals surface area contributed by atoms with Crippen LogP contribution in [0.25, 0.3) is 0 Å². The fourth-order valence-electron chi connectivity index (χ4n) is 2.80. The molecule has 1 N–H and O–H groups in total. The first kappa shape index (κ1) is 14.4. The van der Waals surface area contributed by atoms with Gasteiger partial charge in [-0.15, -0.1) is 0 Å². The van der Waals surface area contributed by atoms with Crippen molar-refractivity contribution in [3.05, 3.63) is 29.8 Å². The van der Waals surface area contributed by atoms with E-state index in [0.29, 0.717) is 5.92 Å². The molecule has 0 spiro atoms. The number of rotatable bonds is 7. The molecule has 1 heterocycles. The summed E-state index contributed by atoms with van der Waals surface area (Å²) in [6, 6.07) is 8.50. The van der Waals surface area contributed by atoms with E-state index in [1.54, 1.807) is 0 Å². The molecule has 0 aromatic heterocycles. The van der Waals surface area contributed by atoms with Crippen LogP contribution in [0.1, 0.15) is 45.1 Å². The van der Waals surface area contributed by atoms with Crippen LogP contribution in [0.2, 0.25) is 0 Å². The molecule has 106 valence electrons. The highest BCUT2D eigenvalue weighted by molar-refractivity contribution is 5.39. The molecule has 0 radical (unpaired) electrons. The molecular formula is C17H27NO. The van der Waals surface area contributed by atoms with Crippen LogP contribution >= 0.6 is 0 Å². The van der Waals surface area contributed by atoms with Crippen LogP contribution in [-0.2, 0) is 0 Å². The van der Waals surface area contributed by atoms with Crippen molar-refractivity contribution in [2.75, 3.05) is 19.7 Å². The molecule has 0 saturated carbocycles. The lowest BCUT2D eigenvalue weighted by molar-refractivity contribution is 0.299. The maximum atomic E-state index is 5.78. The van der Waals surface area contributed by atoms with Gasteiger partial charge in [-0.2, -0.15) is 0 Å². The highest BCUT2D eigenvalue weighted by atomic mass is 16.5. The fourth-order valence-corrected chi connectivity index (χ4v) is 2.80. The fraction of sp³-hybridized carbons (Fsp3) is 0.647. The second kappa shape index (κ2) is 6.95.